The predicted octanol–water partition coefficient (Wildman–Crippen LogP) is 3.86. The van der Waals surface area contributed by atoms with E-state index < -0.39 is 0 Å². The van der Waals surface area contributed by atoms with Crippen LogP contribution in [0, 0.1) is 11.8 Å². The molecule has 0 aromatic heterocycles. The molecule has 0 saturated carbocycles. The molecule has 2 heterocycles. The largest absolute Gasteiger partial charge is 0.263 e. The lowest BCUT2D eigenvalue weighted by Crippen LogP contribution is -2.39. The van der Waals surface area contributed by atoms with Gasteiger partial charge in [-0.2, -0.15) is 0 Å². The molecule has 1 N–H and O–H groups in total. The van der Waals surface area contributed by atoms with Gasteiger partial charge < -0.3 is 0 Å². The fourth-order valence-corrected chi connectivity index (χ4v) is 3.20. The summed E-state index contributed by atoms with van der Waals surface area (Å²) < 4.78 is 0. The average Bonchev–Trinajstić information content (AvgIpc) is 2.66. The Morgan fingerprint density at radius 3 is 2.47 bits per heavy atom. The molecule has 0 radical (unpaired) electrons. The molecule has 106 valence electrons. The van der Waals surface area contributed by atoms with Crippen molar-refractivity contribution in [3.63, 3.8) is 0 Å². The highest BCUT2D eigenvalue weighted by molar-refractivity contribution is 5.95. The number of aliphatic imine (C=N–C) groups is 1. The van der Waals surface area contributed by atoms with Gasteiger partial charge in [-0.25, -0.2) is 10.4 Å². The molecule has 0 fully saturated rings. The van der Waals surface area contributed by atoms with E-state index in [0.717, 1.165) is 11.5 Å². The van der Waals surface area contributed by atoms with Gasteiger partial charge in [-0.3, -0.25) is 5.01 Å². The molecule has 0 amide bonds. The van der Waals surface area contributed by atoms with Gasteiger partial charge in [0.2, 0.25) is 0 Å². The molecule has 0 aromatic rings. The summed E-state index contributed by atoms with van der Waals surface area (Å²) in [4.78, 5) is 4.78. The second kappa shape index (κ2) is 5.49. The summed E-state index contributed by atoms with van der Waals surface area (Å²) in [7, 11) is 0. The number of nitrogens with zero attached hydrogens (tertiary/aromatic N) is 2. The molecule has 2 rings (SSSR count). The summed E-state index contributed by atoms with van der Waals surface area (Å²) in [5.41, 5.74) is 7.53. The Morgan fingerprint density at radius 2 is 1.95 bits per heavy atom. The summed E-state index contributed by atoms with van der Waals surface area (Å²) in [6.07, 6.45) is 4.59. The van der Waals surface area contributed by atoms with Crippen LogP contribution in [0.15, 0.2) is 28.2 Å². The summed E-state index contributed by atoms with van der Waals surface area (Å²) >= 11 is 0. The van der Waals surface area contributed by atoms with E-state index in [1.807, 2.05) is 0 Å². The van der Waals surface area contributed by atoms with Crippen LogP contribution in [0.2, 0.25) is 0 Å². The van der Waals surface area contributed by atoms with Crippen LogP contribution in [-0.4, -0.2) is 16.8 Å². The van der Waals surface area contributed by atoms with Gasteiger partial charge in [0, 0.05) is 23.4 Å². The minimum Gasteiger partial charge on any atom is -0.263 e. The van der Waals surface area contributed by atoms with Gasteiger partial charge in [0.15, 0.2) is 0 Å². The quantitative estimate of drug-likeness (QED) is 0.832. The topological polar surface area (TPSA) is 27.6 Å². The van der Waals surface area contributed by atoms with Gasteiger partial charge in [0.1, 0.15) is 5.82 Å². The van der Waals surface area contributed by atoms with Crippen LogP contribution in [0.4, 0.5) is 0 Å². The molecule has 2 aliphatic rings. The molecule has 3 nitrogen and oxygen atoms in total. The predicted molar refractivity (Wildman–Crippen MR) is 81.6 cm³/mol. The number of hydrogen-bond acceptors (Lipinski definition) is 3. The Balaban J connectivity index is 2.45. The van der Waals surface area contributed by atoms with Crippen LogP contribution >= 0.6 is 0 Å². The molecular formula is C16H27N3. The van der Waals surface area contributed by atoms with Crippen LogP contribution < -0.4 is 5.43 Å². The van der Waals surface area contributed by atoms with Crippen molar-refractivity contribution in [2.24, 2.45) is 16.8 Å². The van der Waals surface area contributed by atoms with Crippen molar-refractivity contribution in [1.29, 1.82) is 0 Å². The molecule has 19 heavy (non-hydrogen) atoms. The smallest absolute Gasteiger partial charge is 0.148 e. The lowest BCUT2D eigenvalue weighted by atomic mass is 9.95. The maximum Gasteiger partial charge on any atom is 0.148 e. The number of hydrogen-bond donors (Lipinski definition) is 1. The Morgan fingerprint density at radius 1 is 1.32 bits per heavy atom. The average molecular weight is 261 g/mol. The van der Waals surface area contributed by atoms with E-state index in [0.29, 0.717) is 17.9 Å². The van der Waals surface area contributed by atoms with E-state index >= 15 is 0 Å². The molecule has 1 atom stereocenters. The third-order valence-electron chi connectivity index (χ3n) is 4.18. The summed E-state index contributed by atoms with van der Waals surface area (Å²) in [6.45, 7) is 13.4. The highest BCUT2D eigenvalue weighted by Crippen LogP contribution is 2.36. The zero-order valence-corrected chi connectivity index (χ0v) is 13.1. The Kier molecular flexibility index (Phi) is 4.14. The summed E-state index contributed by atoms with van der Waals surface area (Å²) in [5, 5.41) is 2.24. The van der Waals surface area contributed by atoms with Gasteiger partial charge in [-0.05, 0) is 44.3 Å². The first-order chi connectivity index (χ1) is 8.99. The lowest BCUT2D eigenvalue weighted by Gasteiger charge is -2.31. The van der Waals surface area contributed by atoms with Crippen molar-refractivity contribution < 1.29 is 0 Å². The van der Waals surface area contributed by atoms with Crippen LogP contribution in [0.5, 0.6) is 0 Å². The van der Waals surface area contributed by atoms with Crippen LogP contribution in [0.1, 0.15) is 54.4 Å². The van der Waals surface area contributed by atoms with Crippen molar-refractivity contribution in [2.75, 3.05) is 0 Å². The van der Waals surface area contributed by atoms with Crippen LogP contribution in [-0.2, 0) is 0 Å². The highest BCUT2D eigenvalue weighted by Gasteiger charge is 2.35. The molecule has 1 unspecified atom stereocenters. The number of hydrazine groups is 1. The first-order valence-corrected chi connectivity index (χ1v) is 7.56. The third-order valence-corrected chi connectivity index (χ3v) is 4.18. The first-order valence-electron chi connectivity index (χ1n) is 7.56. The number of rotatable bonds is 4. The molecule has 0 aromatic carbocycles. The van der Waals surface area contributed by atoms with E-state index in [1.54, 1.807) is 0 Å². The lowest BCUT2D eigenvalue weighted by molar-refractivity contribution is 0.275. The van der Waals surface area contributed by atoms with E-state index in [4.69, 9.17) is 4.99 Å². The van der Waals surface area contributed by atoms with Gasteiger partial charge in [-0.1, -0.05) is 27.7 Å². The van der Waals surface area contributed by atoms with Crippen molar-refractivity contribution >= 4 is 5.71 Å². The fourth-order valence-electron chi connectivity index (χ4n) is 3.20. The van der Waals surface area contributed by atoms with E-state index in [1.165, 1.54) is 24.1 Å². The monoisotopic (exact) mass is 261 g/mol. The van der Waals surface area contributed by atoms with E-state index in [9.17, 15) is 0 Å². The van der Waals surface area contributed by atoms with Gasteiger partial charge in [0.05, 0.1) is 0 Å². The van der Waals surface area contributed by atoms with Crippen molar-refractivity contribution in [3.05, 3.63) is 23.2 Å². The van der Waals surface area contributed by atoms with E-state index in [2.05, 4.69) is 58.1 Å². The molecule has 0 saturated heterocycles. The zero-order chi connectivity index (χ0) is 14.2. The van der Waals surface area contributed by atoms with Crippen LogP contribution in [0.3, 0.4) is 0 Å². The molecule has 0 spiro atoms. The Hall–Kier alpha value is -1.09. The number of allylic oxidation sites excluding steroid dienone is 2. The SMILES string of the molecule is CCC(CC)C1=CC(C)=NC2=C(C(C)C)C(C)NN12. The fraction of sp³-hybridized carbons (Fsp3) is 0.688. The highest BCUT2D eigenvalue weighted by atomic mass is 15.6. The molecule has 2 aliphatic heterocycles. The Labute approximate surface area is 117 Å². The second-order valence-electron chi connectivity index (χ2n) is 5.96. The zero-order valence-electron chi connectivity index (χ0n) is 13.1. The maximum absolute atomic E-state index is 4.78. The standard InChI is InChI=1S/C16H27N3/c1-7-13(8-2)14-9-11(5)17-16-15(10(3)4)12(6)18-19(14)16/h9-10,12-13,18H,7-8H2,1-6H3. The van der Waals surface area contributed by atoms with Gasteiger partial charge in [0.25, 0.3) is 0 Å². The van der Waals surface area contributed by atoms with Gasteiger partial charge >= 0.3 is 0 Å². The summed E-state index contributed by atoms with van der Waals surface area (Å²) in [5.74, 6) is 2.27. The molecular weight excluding hydrogens is 234 g/mol. The van der Waals surface area contributed by atoms with Crippen molar-refractivity contribution in [2.45, 2.75) is 60.4 Å². The first kappa shape index (κ1) is 14.3. The molecule has 0 bridgehead atoms. The minimum atomic E-state index is 0.377. The van der Waals surface area contributed by atoms with Gasteiger partial charge in [-0.15, -0.1) is 0 Å². The third kappa shape index (κ3) is 2.48. The van der Waals surface area contributed by atoms with Crippen molar-refractivity contribution in [1.82, 2.24) is 10.4 Å². The minimum absolute atomic E-state index is 0.377. The second-order valence-corrected chi connectivity index (χ2v) is 5.96. The molecule has 0 aliphatic carbocycles. The summed E-state index contributed by atoms with van der Waals surface area (Å²) in [6, 6.07) is 0.377. The number of fused-ring (bicyclic) bond motifs is 1. The Bertz CT molecular complexity index is 439. The molecule has 3 heteroatoms. The number of nitrogens with one attached hydrogen (secondary N) is 1. The van der Waals surface area contributed by atoms with Crippen LogP contribution in [0.25, 0.3) is 0 Å². The van der Waals surface area contributed by atoms with E-state index in [-0.39, 0.29) is 0 Å². The normalized spacial score (nSPS) is 23.2. The van der Waals surface area contributed by atoms with Crippen molar-refractivity contribution in [3.8, 4) is 0 Å². The maximum atomic E-state index is 4.78.